The lowest BCUT2D eigenvalue weighted by atomic mass is 10.0. The van der Waals surface area contributed by atoms with E-state index in [0.29, 0.717) is 17.1 Å². The number of hydrogen-bond donors (Lipinski definition) is 3. The molecule has 0 unspecified atom stereocenters. The number of Topliss-reactive ketones (excluding diaryl/α,β-unsaturated/α-hetero) is 1. The van der Waals surface area contributed by atoms with Gasteiger partial charge in [-0.05, 0) is 23.8 Å². The second-order valence-electron chi connectivity index (χ2n) is 4.65. The number of hydrogen-bond acceptors (Lipinski definition) is 6. The van der Waals surface area contributed by atoms with Crippen molar-refractivity contribution in [3.8, 4) is 28.7 Å². The van der Waals surface area contributed by atoms with Crippen LogP contribution in [0.5, 0.6) is 28.7 Å². The van der Waals surface area contributed by atoms with Crippen LogP contribution in [0.4, 0.5) is 0 Å². The maximum absolute atomic E-state index is 12.2. The molecule has 6 nitrogen and oxygen atoms in total. The van der Waals surface area contributed by atoms with Gasteiger partial charge in [-0.25, -0.2) is 0 Å². The normalized spacial score (nSPS) is 12.4. The molecule has 0 fully saturated rings. The third kappa shape index (κ3) is 2.43. The minimum absolute atomic E-state index is 0.0222. The molecular formula is C15H12O6. The fourth-order valence-corrected chi connectivity index (χ4v) is 2.12. The number of fused-ring (bicyclic) bond motifs is 1. The van der Waals surface area contributed by atoms with Crippen LogP contribution in [-0.2, 0) is 6.42 Å². The molecule has 0 spiro atoms. The zero-order chi connectivity index (χ0) is 15.0. The second kappa shape index (κ2) is 4.90. The maximum Gasteiger partial charge on any atom is 0.231 e. The predicted octanol–water partition coefficient (Wildman–Crippen LogP) is 1.96. The molecule has 0 aromatic heterocycles. The van der Waals surface area contributed by atoms with E-state index in [9.17, 15) is 20.1 Å². The Morgan fingerprint density at radius 1 is 0.952 bits per heavy atom. The van der Waals surface area contributed by atoms with Gasteiger partial charge in [-0.2, -0.15) is 0 Å². The number of ether oxygens (including phenoxy) is 2. The van der Waals surface area contributed by atoms with Crippen molar-refractivity contribution in [2.45, 2.75) is 6.42 Å². The lowest BCUT2D eigenvalue weighted by molar-refractivity contribution is 0.0990. The first kappa shape index (κ1) is 13.1. The van der Waals surface area contributed by atoms with E-state index in [2.05, 4.69) is 0 Å². The largest absolute Gasteiger partial charge is 0.507 e. The average Bonchev–Trinajstić information content (AvgIpc) is 2.90. The number of phenols is 3. The lowest BCUT2D eigenvalue weighted by Gasteiger charge is -2.07. The summed E-state index contributed by atoms with van der Waals surface area (Å²) in [5.74, 6) is -0.513. The van der Waals surface area contributed by atoms with E-state index in [4.69, 9.17) is 9.47 Å². The number of phenolic OH excluding ortho intramolecular Hbond substituents is 3. The number of ketones is 1. The summed E-state index contributed by atoms with van der Waals surface area (Å²) in [6.07, 6.45) is 0.0222. The van der Waals surface area contributed by atoms with E-state index < -0.39 is 11.5 Å². The Hall–Kier alpha value is -2.89. The van der Waals surface area contributed by atoms with Gasteiger partial charge >= 0.3 is 0 Å². The van der Waals surface area contributed by atoms with Gasteiger partial charge in [0.25, 0.3) is 0 Å². The molecule has 0 saturated carbocycles. The Bertz CT molecular complexity index is 722. The Morgan fingerprint density at radius 2 is 1.67 bits per heavy atom. The molecule has 21 heavy (non-hydrogen) atoms. The van der Waals surface area contributed by atoms with Crippen molar-refractivity contribution in [2.24, 2.45) is 0 Å². The lowest BCUT2D eigenvalue weighted by Crippen LogP contribution is -2.04. The Labute approximate surface area is 119 Å². The van der Waals surface area contributed by atoms with E-state index in [1.165, 1.54) is 0 Å². The maximum atomic E-state index is 12.2. The average molecular weight is 288 g/mol. The van der Waals surface area contributed by atoms with Crippen molar-refractivity contribution in [1.82, 2.24) is 0 Å². The number of carbonyl (C=O) groups is 1. The second-order valence-corrected chi connectivity index (χ2v) is 4.65. The van der Waals surface area contributed by atoms with Crippen molar-refractivity contribution in [3.63, 3.8) is 0 Å². The molecule has 6 heteroatoms. The van der Waals surface area contributed by atoms with Crippen LogP contribution in [0.25, 0.3) is 0 Å². The van der Waals surface area contributed by atoms with Crippen LogP contribution in [0.1, 0.15) is 15.9 Å². The quantitative estimate of drug-likeness (QED) is 0.454. The number of rotatable bonds is 3. The molecule has 0 bridgehead atoms. The van der Waals surface area contributed by atoms with Gasteiger partial charge in [0.05, 0.1) is 5.56 Å². The molecule has 0 radical (unpaired) electrons. The Balaban J connectivity index is 1.85. The summed E-state index contributed by atoms with van der Waals surface area (Å²) in [5.41, 5.74) is 0.638. The van der Waals surface area contributed by atoms with E-state index in [1.54, 1.807) is 18.2 Å². The molecule has 2 aromatic rings. The Kier molecular flexibility index (Phi) is 3.06. The van der Waals surface area contributed by atoms with Crippen molar-refractivity contribution < 1.29 is 29.6 Å². The fraction of sp³-hybridized carbons (Fsp3) is 0.133. The highest BCUT2D eigenvalue weighted by atomic mass is 16.7. The van der Waals surface area contributed by atoms with Gasteiger partial charge in [-0.15, -0.1) is 0 Å². The van der Waals surface area contributed by atoms with Gasteiger partial charge in [0, 0.05) is 12.5 Å². The van der Waals surface area contributed by atoms with Gasteiger partial charge < -0.3 is 24.8 Å². The highest BCUT2D eigenvalue weighted by molar-refractivity contribution is 6.00. The summed E-state index contributed by atoms with van der Waals surface area (Å²) in [6, 6.07) is 7.10. The summed E-state index contributed by atoms with van der Waals surface area (Å²) in [5, 5.41) is 28.3. The summed E-state index contributed by atoms with van der Waals surface area (Å²) >= 11 is 0. The van der Waals surface area contributed by atoms with Crippen LogP contribution in [0.3, 0.4) is 0 Å². The Morgan fingerprint density at radius 3 is 2.48 bits per heavy atom. The van der Waals surface area contributed by atoms with Crippen molar-refractivity contribution in [1.29, 1.82) is 0 Å². The molecule has 108 valence electrons. The van der Waals surface area contributed by atoms with Crippen LogP contribution < -0.4 is 9.47 Å². The molecule has 3 rings (SSSR count). The van der Waals surface area contributed by atoms with Gasteiger partial charge in [0.15, 0.2) is 28.8 Å². The summed E-state index contributed by atoms with van der Waals surface area (Å²) in [7, 11) is 0. The van der Waals surface area contributed by atoms with Crippen LogP contribution in [0.2, 0.25) is 0 Å². The standard InChI is InChI=1S/C15H12O6/c16-10(9-5-12(18)13(19)6-11(9)17)3-8-1-2-14-15(4-8)21-7-20-14/h1-2,4-6,17-19H,3,7H2. The zero-order valence-corrected chi connectivity index (χ0v) is 10.9. The molecule has 0 aliphatic carbocycles. The summed E-state index contributed by atoms with van der Waals surface area (Å²) < 4.78 is 10.4. The summed E-state index contributed by atoms with van der Waals surface area (Å²) in [6.45, 7) is 0.152. The number of aromatic hydroxyl groups is 3. The van der Waals surface area contributed by atoms with Gasteiger partial charge in [-0.3, -0.25) is 4.79 Å². The molecule has 1 aliphatic heterocycles. The van der Waals surface area contributed by atoms with E-state index >= 15 is 0 Å². The highest BCUT2D eigenvalue weighted by Gasteiger charge is 2.18. The van der Waals surface area contributed by atoms with E-state index in [1.807, 2.05) is 0 Å². The molecule has 0 amide bonds. The van der Waals surface area contributed by atoms with Crippen molar-refractivity contribution in [2.75, 3.05) is 6.79 Å². The van der Waals surface area contributed by atoms with E-state index in [0.717, 1.165) is 12.1 Å². The molecular weight excluding hydrogens is 276 g/mol. The first-order chi connectivity index (χ1) is 10.0. The molecule has 2 aromatic carbocycles. The molecule has 0 atom stereocenters. The predicted molar refractivity (Wildman–Crippen MR) is 72.0 cm³/mol. The highest BCUT2D eigenvalue weighted by Crippen LogP contribution is 2.35. The zero-order valence-electron chi connectivity index (χ0n) is 10.9. The monoisotopic (exact) mass is 288 g/mol. The third-order valence-corrected chi connectivity index (χ3v) is 3.19. The molecule has 0 saturated heterocycles. The molecule has 1 aliphatic rings. The van der Waals surface area contributed by atoms with Crippen LogP contribution in [0.15, 0.2) is 30.3 Å². The smallest absolute Gasteiger partial charge is 0.231 e. The van der Waals surface area contributed by atoms with Crippen LogP contribution >= 0.6 is 0 Å². The first-order valence-corrected chi connectivity index (χ1v) is 6.21. The van der Waals surface area contributed by atoms with E-state index in [-0.39, 0.29) is 30.3 Å². The topological polar surface area (TPSA) is 96.2 Å². The van der Waals surface area contributed by atoms with Gasteiger partial charge in [0.1, 0.15) is 5.75 Å². The number of carbonyl (C=O) groups excluding carboxylic acids is 1. The SMILES string of the molecule is O=C(Cc1ccc2c(c1)OCO2)c1cc(O)c(O)cc1O. The minimum atomic E-state index is -0.480. The first-order valence-electron chi connectivity index (χ1n) is 6.21. The number of benzene rings is 2. The summed E-state index contributed by atoms with van der Waals surface area (Å²) in [4.78, 5) is 12.2. The third-order valence-electron chi connectivity index (χ3n) is 3.19. The van der Waals surface area contributed by atoms with Gasteiger partial charge in [0.2, 0.25) is 6.79 Å². The molecule has 1 heterocycles. The fourth-order valence-electron chi connectivity index (χ4n) is 2.12. The molecule has 3 N–H and O–H groups in total. The van der Waals surface area contributed by atoms with Crippen molar-refractivity contribution in [3.05, 3.63) is 41.5 Å². The van der Waals surface area contributed by atoms with Gasteiger partial charge in [-0.1, -0.05) is 6.07 Å². The van der Waals surface area contributed by atoms with Crippen LogP contribution in [-0.4, -0.2) is 27.9 Å². The minimum Gasteiger partial charge on any atom is -0.507 e. The van der Waals surface area contributed by atoms with Crippen molar-refractivity contribution >= 4 is 5.78 Å². The van der Waals surface area contributed by atoms with Crippen LogP contribution in [0, 0.1) is 0 Å².